The SMILES string of the molecule is CC(CO)(CO)Nc1nc(NN)nc(-n2ccnc2)n1. The summed E-state index contributed by atoms with van der Waals surface area (Å²) in [6.45, 7) is 1.05. The van der Waals surface area contributed by atoms with Crippen LogP contribution in [0.3, 0.4) is 0 Å². The Bertz CT molecular complexity index is 554. The van der Waals surface area contributed by atoms with E-state index in [2.05, 4.69) is 30.7 Å². The molecule has 0 aliphatic heterocycles. The first kappa shape index (κ1) is 14.1. The van der Waals surface area contributed by atoms with E-state index in [-0.39, 0.29) is 25.1 Å². The molecule has 0 fully saturated rings. The molecule has 10 nitrogen and oxygen atoms in total. The zero-order valence-corrected chi connectivity index (χ0v) is 10.9. The summed E-state index contributed by atoms with van der Waals surface area (Å²) in [5.74, 6) is 5.92. The Kier molecular flexibility index (Phi) is 4.08. The predicted molar refractivity (Wildman–Crippen MR) is 71.0 cm³/mol. The minimum Gasteiger partial charge on any atom is -0.394 e. The second-order valence-electron chi connectivity index (χ2n) is 4.40. The molecular formula is C10H16N8O2. The van der Waals surface area contributed by atoms with E-state index in [4.69, 9.17) is 5.84 Å². The number of hydrazine groups is 1. The summed E-state index contributed by atoms with van der Waals surface area (Å²) in [4.78, 5) is 16.2. The van der Waals surface area contributed by atoms with Gasteiger partial charge in [-0.05, 0) is 6.92 Å². The van der Waals surface area contributed by atoms with Crippen molar-refractivity contribution >= 4 is 11.9 Å². The van der Waals surface area contributed by atoms with Crippen LogP contribution in [0.5, 0.6) is 0 Å². The molecule has 10 heteroatoms. The van der Waals surface area contributed by atoms with Crippen molar-refractivity contribution in [3.05, 3.63) is 18.7 Å². The molecule has 2 heterocycles. The fraction of sp³-hybridized carbons (Fsp3) is 0.400. The molecule has 0 aromatic carbocycles. The first-order chi connectivity index (χ1) is 9.60. The molecule has 0 bridgehead atoms. The van der Waals surface area contributed by atoms with Gasteiger partial charge in [0, 0.05) is 12.4 Å². The predicted octanol–water partition coefficient (Wildman–Crippen LogP) is -1.50. The van der Waals surface area contributed by atoms with Crippen LogP contribution < -0.4 is 16.6 Å². The van der Waals surface area contributed by atoms with Gasteiger partial charge in [0.2, 0.25) is 17.8 Å². The maximum Gasteiger partial charge on any atom is 0.243 e. The van der Waals surface area contributed by atoms with Crippen LogP contribution in [0.15, 0.2) is 18.7 Å². The van der Waals surface area contributed by atoms with Crippen LogP contribution in [0.4, 0.5) is 11.9 Å². The molecule has 2 rings (SSSR count). The average molecular weight is 280 g/mol. The summed E-state index contributed by atoms with van der Waals surface area (Å²) in [5, 5.41) is 21.4. The van der Waals surface area contributed by atoms with Crippen LogP contribution in [0.1, 0.15) is 6.92 Å². The number of hydrogen-bond acceptors (Lipinski definition) is 9. The van der Waals surface area contributed by atoms with Crippen LogP contribution in [-0.2, 0) is 0 Å². The number of hydrogen-bond donors (Lipinski definition) is 5. The highest BCUT2D eigenvalue weighted by Gasteiger charge is 2.24. The van der Waals surface area contributed by atoms with Crippen molar-refractivity contribution in [2.75, 3.05) is 24.0 Å². The standard InChI is InChI=1S/C10H16N8O2/c1-10(4-19,5-20)16-7-13-8(17-11)15-9(14-7)18-3-2-12-6-18/h2-3,6,19-20H,4-5,11H2,1H3,(H2,13,14,15,16,17). The lowest BCUT2D eigenvalue weighted by Gasteiger charge is -2.26. The quantitative estimate of drug-likeness (QED) is 0.315. The monoisotopic (exact) mass is 280 g/mol. The van der Waals surface area contributed by atoms with E-state index >= 15 is 0 Å². The third-order valence-corrected chi connectivity index (χ3v) is 2.60. The number of aliphatic hydroxyl groups excluding tert-OH is 2. The molecule has 0 atom stereocenters. The van der Waals surface area contributed by atoms with E-state index in [9.17, 15) is 10.2 Å². The van der Waals surface area contributed by atoms with Crippen LogP contribution in [0.25, 0.3) is 5.95 Å². The number of nitrogens with zero attached hydrogens (tertiary/aromatic N) is 5. The molecule has 0 aliphatic rings. The van der Waals surface area contributed by atoms with E-state index in [0.29, 0.717) is 5.95 Å². The summed E-state index contributed by atoms with van der Waals surface area (Å²) in [6, 6.07) is 0. The Morgan fingerprint density at radius 3 is 2.50 bits per heavy atom. The molecule has 2 aromatic rings. The van der Waals surface area contributed by atoms with Gasteiger partial charge in [-0.25, -0.2) is 10.8 Å². The van der Waals surface area contributed by atoms with E-state index in [0.717, 1.165) is 0 Å². The summed E-state index contributed by atoms with van der Waals surface area (Å²) < 4.78 is 1.57. The Hall–Kier alpha value is -2.30. The summed E-state index contributed by atoms with van der Waals surface area (Å²) in [7, 11) is 0. The maximum absolute atomic E-state index is 9.28. The first-order valence-electron chi connectivity index (χ1n) is 5.81. The van der Waals surface area contributed by atoms with Gasteiger partial charge < -0.3 is 15.5 Å². The molecule has 0 saturated heterocycles. The third kappa shape index (κ3) is 2.99. The van der Waals surface area contributed by atoms with Crippen molar-refractivity contribution < 1.29 is 10.2 Å². The molecule has 0 unspecified atom stereocenters. The maximum atomic E-state index is 9.28. The van der Waals surface area contributed by atoms with E-state index < -0.39 is 5.54 Å². The Labute approximate surface area is 114 Å². The Morgan fingerprint density at radius 1 is 1.25 bits per heavy atom. The number of aromatic nitrogens is 5. The van der Waals surface area contributed by atoms with Gasteiger partial charge >= 0.3 is 0 Å². The first-order valence-corrected chi connectivity index (χ1v) is 5.81. The largest absolute Gasteiger partial charge is 0.394 e. The second kappa shape index (κ2) is 5.77. The highest BCUT2D eigenvalue weighted by molar-refractivity contribution is 5.39. The van der Waals surface area contributed by atoms with Gasteiger partial charge in [0.25, 0.3) is 0 Å². The number of anilines is 2. The van der Waals surface area contributed by atoms with Crippen molar-refractivity contribution in [1.82, 2.24) is 24.5 Å². The molecule has 6 N–H and O–H groups in total. The zero-order valence-electron chi connectivity index (χ0n) is 10.9. The van der Waals surface area contributed by atoms with Gasteiger partial charge in [-0.1, -0.05) is 0 Å². The lowest BCUT2D eigenvalue weighted by Crippen LogP contribution is -2.43. The summed E-state index contributed by atoms with van der Waals surface area (Å²) >= 11 is 0. The highest BCUT2D eigenvalue weighted by Crippen LogP contribution is 2.13. The normalized spacial score (nSPS) is 11.4. The summed E-state index contributed by atoms with van der Waals surface area (Å²) in [5.41, 5.74) is 1.37. The van der Waals surface area contributed by atoms with E-state index in [1.165, 1.54) is 6.33 Å². The van der Waals surface area contributed by atoms with Gasteiger partial charge in [0.15, 0.2) is 0 Å². The molecule has 0 amide bonds. The highest BCUT2D eigenvalue weighted by atomic mass is 16.3. The van der Waals surface area contributed by atoms with Crippen molar-refractivity contribution in [3.63, 3.8) is 0 Å². The molecule has 0 saturated carbocycles. The minimum absolute atomic E-state index is 0.143. The van der Waals surface area contributed by atoms with E-state index in [1.807, 2.05) is 0 Å². The van der Waals surface area contributed by atoms with Crippen molar-refractivity contribution in [1.29, 1.82) is 0 Å². The molecular weight excluding hydrogens is 264 g/mol. The van der Waals surface area contributed by atoms with Gasteiger partial charge in [-0.3, -0.25) is 9.99 Å². The molecule has 0 spiro atoms. The second-order valence-corrected chi connectivity index (χ2v) is 4.40. The summed E-state index contributed by atoms with van der Waals surface area (Å²) in [6.07, 6.45) is 4.77. The number of imidazole rings is 1. The fourth-order valence-electron chi connectivity index (χ4n) is 1.38. The number of rotatable bonds is 6. The Balaban J connectivity index is 2.36. The van der Waals surface area contributed by atoms with E-state index in [1.54, 1.807) is 23.9 Å². The lowest BCUT2D eigenvalue weighted by molar-refractivity contribution is 0.147. The van der Waals surface area contributed by atoms with Crippen LogP contribution in [-0.4, -0.2) is 53.5 Å². The fourth-order valence-corrected chi connectivity index (χ4v) is 1.38. The third-order valence-electron chi connectivity index (χ3n) is 2.60. The average Bonchev–Trinajstić information content (AvgIpc) is 3.01. The molecule has 2 aromatic heterocycles. The van der Waals surface area contributed by atoms with Gasteiger partial charge in [-0.15, -0.1) is 0 Å². The number of nitrogens with one attached hydrogen (secondary N) is 2. The Morgan fingerprint density at radius 2 is 1.95 bits per heavy atom. The molecule has 20 heavy (non-hydrogen) atoms. The van der Waals surface area contributed by atoms with Crippen molar-refractivity contribution in [3.8, 4) is 5.95 Å². The molecule has 108 valence electrons. The van der Waals surface area contributed by atoms with Crippen LogP contribution in [0.2, 0.25) is 0 Å². The number of nitrogen functional groups attached to an aromatic ring is 1. The van der Waals surface area contributed by atoms with Gasteiger partial charge in [0.05, 0.1) is 18.8 Å². The topological polar surface area (TPSA) is 147 Å². The molecule has 0 radical (unpaired) electrons. The minimum atomic E-state index is -0.959. The smallest absolute Gasteiger partial charge is 0.243 e. The van der Waals surface area contributed by atoms with Gasteiger partial charge in [0.1, 0.15) is 6.33 Å². The number of nitrogens with two attached hydrogens (primary N) is 1. The van der Waals surface area contributed by atoms with Crippen LogP contribution >= 0.6 is 0 Å². The number of aliphatic hydroxyl groups is 2. The lowest BCUT2D eigenvalue weighted by atomic mass is 10.1. The van der Waals surface area contributed by atoms with Crippen molar-refractivity contribution in [2.24, 2.45) is 5.84 Å². The van der Waals surface area contributed by atoms with Crippen LogP contribution in [0, 0.1) is 0 Å². The van der Waals surface area contributed by atoms with Crippen molar-refractivity contribution in [2.45, 2.75) is 12.5 Å². The molecule has 0 aliphatic carbocycles. The van der Waals surface area contributed by atoms with Gasteiger partial charge in [-0.2, -0.15) is 15.0 Å². The zero-order chi connectivity index (χ0) is 14.6.